The first-order valence-electron chi connectivity index (χ1n) is 5.93. The first-order valence-corrected chi connectivity index (χ1v) is 5.93. The van der Waals surface area contributed by atoms with Crippen LogP contribution >= 0.6 is 0 Å². The Morgan fingerprint density at radius 2 is 1.82 bits per heavy atom. The molecule has 90 valence electrons. The molecule has 0 bridgehead atoms. The molecule has 0 spiro atoms. The molecule has 2 nitrogen and oxygen atoms in total. The van der Waals surface area contributed by atoms with E-state index in [0.717, 1.165) is 22.4 Å². The van der Waals surface area contributed by atoms with Crippen molar-refractivity contribution in [1.29, 1.82) is 0 Å². The Morgan fingerprint density at radius 1 is 1.29 bits per heavy atom. The number of ketones is 1. The van der Waals surface area contributed by atoms with Gasteiger partial charge in [0.25, 0.3) is 0 Å². The van der Waals surface area contributed by atoms with Crippen molar-refractivity contribution in [2.75, 3.05) is 6.61 Å². The smallest absolute Gasteiger partial charge is 0.154 e. The summed E-state index contributed by atoms with van der Waals surface area (Å²) in [5, 5.41) is 0. The summed E-state index contributed by atoms with van der Waals surface area (Å²) in [6.07, 6.45) is 0.0495. The summed E-state index contributed by atoms with van der Waals surface area (Å²) >= 11 is 0. The standard InChI is InChI=1S/C14H19BO2/c1-9(2)8-17-12-5-10(3)14(11(4)6-12)13(16)7-15/h5-6,9H,7-8H2,1-4H3. The molecule has 1 aromatic rings. The Hall–Kier alpha value is -1.25. The van der Waals surface area contributed by atoms with Crippen molar-refractivity contribution < 1.29 is 9.53 Å². The molecule has 0 atom stereocenters. The summed E-state index contributed by atoms with van der Waals surface area (Å²) < 4.78 is 5.65. The van der Waals surface area contributed by atoms with Crippen molar-refractivity contribution >= 4 is 13.6 Å². The molecule has 1 aromatic carbocycles. The molecular formula is C14H19BO2. The third-order valence-corrected chi connectivity index (χ3v) is 2.55. The summed E-state index contributed by atoms with van der Waals surface area (Å²) in [6, 6.07) is 3.80. The van der Waals surface area contributed by atoms with Crippen LogP contribution in [-0.4, -0.2) is 20.2 Å². The van der Waals surface area contributed by atoms with E-state index < -0.39 is 0 Å². The average Bonchev–Trinajstić information content (AvgIpc) is 2.25. The van der Waals surface area contributed by atoms with Crippen LogP contribution < -0.4 is 4.74 Å². The van der Waals surface area contributed by atoms with Crippen molar-refractivity contribution in [3.8, 4) is 5.75 Å². The molecule has 0 aliphatic carbocycles. The lowest BCUT2D eigenvalue weighted by molar-refractivity contribution is 0.101. The second-order valence-corrected chi connectivity index (χ2v) is 4.76. The number of Topliss-reactive ketones (excluding diaryl/α,β-unsaturated/α-hetero) is 1. The molecule has 0 heterocycles. The fourth-order valence-electron chi connectivity index (χ4n) is 1.81. The van der Waals surface area contributed by atoms with E-state index in [1.807, 2.05) is 26.0 Å². The highest BCUT2D eigenvalue weighted by molar-refractivity contribution is 6.24. The van der Waals surface area contributed by atoms with Gasteiger partial charge in [-0.1, -0.05) is 13.8 Å². The topological polar surface area (TPSA) is 26.3 Å². The largest absolute Gasteiger partial charge is 0.493 e. The Labute approximate surface area is 105 Å². The average molecular weight is 230 g/mol. The second-order valence-electron chi connectivity index (χ2n) is 4.76. The van der Waals surface area contributed by atoms with E-state index in [4.69, 9.17) is 12.6 Å². The van der Waals surface area contributed by atoms with Gasteiger partial charge >= 0.3 is 0 Å². The van der Waals surface area contributed by atoms with Gasteiger partial charge in [-0.15, -0.1) is 0 Å². The molecule has 3 heteroatoms. The highest BCUT2D eigenvalue weighted by atomic mass is 16.5. The predicted octanol–water partition coefficient (Wildman–Crippen LogP) is 3.11. The molecule has 0 saturated carbocycles. The number of carbonyl (C=O) groups excluding carboxylic acids is 1. The van der Waals surface area contributed by atoms with Gasteiger partial charge in [-0.25, -0.2) is 0 Å². The third-order valence-electron chi connectivity index (χ3n) is 2.55. The van der Waals surface area contributed by atoms with Crippen molar-refractivity contribution in [1.82, 2.24) is 0 Å². The van der Waals surface area contributed by atoms with Crippen molar-refractivity contribution in [3.05, 3.63) is 28.8 Å². The second kappa shape index (κ2) is 5.90. The first-order chi connectivity index (χ1) is 7.95. The van der Waals surface area contributed by atoms with Gasteiger partial charge in [0.15, 0.2) is 5.78 Å². The summed E-state index contributed by atoms with van der Waals surface area (Å²) in [4.78, 5) is 11.7. The molecule has 0 fully saturated rings. The van der Waals surface area contributed by atoms with Gasteiger partial charge in [0, 0.05) is 5.56 Å². The van der Waals surface area contributed by atoms with Crippen LogP contribution in [0.2, 0.25) is 6.32 Å². The van der Waals surface area contributed by atoms with Gasteiger partial charge in [0.1, 0.15) is 5.75 Å². The zero-order chi connectivity index (χ0) is 13.0. The van der Waals surface area contributed by atoms with Crippen molar-refractivity contribution in [2.24, 2.45) is 5.92 Å². The normalized spacial score (nSPS) is 10.6. The molecule has 0 aliphatic heterocycles. The Morgan fingerprint density at radius 3 is 2.24 bits per heavy atom. The number of hydrogen-bond donors (Lipinski definition) is 0. The lowest BCUT2D eigenvalue weighted by Crippen LogP contribution is -2.07. The number of aryl methyl sites for hydroxylation is 2. The van der Waals surface area contributed by atoms with Gasteiger partial charge < -0.3 is 4.74 Å². The Bertz CT molecular complexity index is 388. The molecule has 0 amide bonds. The van der Waals surface area contributed by atoms with Crippen LogP contribution in [0.5, 0.6) is 5.75 Å². The number of carbonyl (C=O) groups is 1. The highest BCUT2D eigenvalue weighted by Crippen LogP contribution is 2.23. The minimum Gasteiger partial charge on any atom is -0.493 e. The lowest BCUT2D eigenvalue weighted by Gasteiger charge is -2.13. The predicted molar refractivity (Wildman–Crippen MR) is 71.1 cm³/mol. The molecule has 0 N–H and O–H groups in total. The van der Waals surface area contributed by atoms with Crippen LogP contribution in [0.1, 0.15) is 35.3 Å². The molecule has 0 unspecified atom stereocenters. The molecule has 0 aromatic heterocycles. The van der Waals surface area contributed by atoms with Gasteiger partial charge in [-0.05, 0) is 49.3 Å². The maximum atomic E-state index is 11.7. The molecular weight excluding hydrogens is 211 g/mol. The van der Waals surface area contributed by atoms with Crippen LogP contribution in [0, 0.1) is 19.8 Å². The van der Waals surface area contributed by atoms with E-state index in [-0.39, 0.29) is 12.1 Å². The van der Waals surface area contributed by atoms with E-state index in [9.17, 15) is 4.79 Å². The molecule has 0 aliphatic rings. The van der Waals surface area contributed by atoms with E-state index in [0.29, 0.717) is 12.5 Å². The van der Waals surface area contributed by atoms with Crippen LogP contribution in [0.4, 0.5) is 0 Å². The number of hydrogen-bond acceptors (Lipinski definition) is 2. The van der Waals surface area contributed by atoms with Gasteiger partial charge in [-0.2, -0.15) is 0 Å². The van der Waals surface area contributed by atoms with Crippen LogP contribution in [-0.2, 0) is 0 Å². The Balaban J connectivity index is 2.97. The molecule has 2 radical (unpaired) electrons. The molecule has 0 saturated heterocycles. The summed E-state index contributed by atoms with van der Waals surface area (Å²) in [6.45, 7) is 8.72. The monoisotopic (exact) mass is 230 g/mol. The van der Waals surface area contributed by atoms with E-state index >= 15 is 0 Å². The fourth-order valence-corrected chi connectivity index (χ4v) is 1.81. The summed E-state index contributed by atoms with van der Waals surface area (Å²) in [5.41, 5.74) is 2.59. The zero-order valence-electron chi connectivity index (χ0n) is 11.0. The zero-order valence-corrected chi connectivity index (χ0v) is 11.0. The fraction of sp³-hybridized carbons (Fsp3) is 0.500. The maximum absolute atomic E-state index is 11.7. The first kappa shape index (κ1) is 13.8. The number of ether oxygens (including phenoxy) is 1. The summed E-state index contributed by atoms with van der Waals surface area (Å²) in [7, 11) is 5.40. The van der Waals surface area contributed by atoms with E-state index in [1.54, 1.807) is 0 Å². The quantitative estimate of drug-likeness (QED) is 0.573. The minimum absolute atomic E-state index is 0.0181. The van der Waals surface area contributed by atoms with Crippen LogP contribution in [0.25, 0.3) is 0 Å². The van der Waals surface area contributed by atoms with E-state index in [2.05, 4.69) is 13.8 Å². The van der Waals surface area contributed by atoms with Crippen LogP contribution in [0.3, 0.4) is 0 Å². The number of benzene rings is 1. The number of rotatable bonds is 5. The lowest BCUT2D eigenvalue weighted by atomic mass is 9.90. The van der Waals surface area contributed by atoms with Gasteiger partial charge in [0.05, 0.1) is 14.5 Å². The minimum atomic E-state index is -0.0181. The van der Waals surface area contributed by atoms with Gasteiger partial charge in [-0.3, -0.25) is 4.79 Å². The molecule has 17 heavy (non-hydrogen) atoms. The molecule has 1 rings (SSSR count). The van der Waals surface area contributed by atoms with Crippen LogP contribution in [0.15, 0.2) is 12.1 Å². The van der Waals surface area contributed by atoms with E-state index in [1.165, 1.54) is 0 Å². The summed E-state index contributed by atoms with van der Waals surface area (Å²) in [5.74, 6) is 1.29. The van der Waals surface area contributed by atoms with Crippen molar-refractivity contribution in [2.45, 2.75) is 34.0 Å². The highest BCUT2D eigenvalue weighted by Gasteiger charge is 2.12. The Kier molecular flexibility index (Phi) is 4.79. The van der Waals surface area contributed by atoms with Crippen molar-refractivity contribution in [3.63, 3.8) is 0 Å². The van der Waals surface area contributed by atoms with Gasteiger partial charge in [0.2, 0.25) is 0 Å². The third kappa shape index (κ3) is 3.62. The maximum Gasteiger partial charge on any atom is 0.154 e. The SMILES string of the molecule is [B]CC(=O)c1c(C)cc(OCC(C)C)cc1C.